The third-order valence-corrected chi connectivity index (χ3v) is 9.10. The lowest BCUT2D eigenvalue weighted by molar-refractivity contribution is 0.170. The molecule has 5 atom stereocenters. The number of rotatable bonds is 16. The maximum Gasteiger partial charge on any atom is 0.404 e. The van der Waals surface area contributed by atoms with E-state index in [0.717, 1.165) is 6.42 Å². The van der Waals surface area contributed by atoms with Crippen molar-refractivity contribution in [1.82, 2.24) is 0 Å². The highest BCUT2D eigenvalue weighted by Gasteiger charge is 2.36. The van der Waals surface area contributed by atoms with Gasteiger partial charge >= 0.3 is 15.5 Å². The van der Waals surface area contributed by atoms with E-state index in [-0.39, 0.29) is 35.4 Å². The maximum absolute atomic E-state index is 12.6. The second-order valence-electron chi connectivity index (χ2n) is 8.82. The first-order valence-corrected chi connectivity index (χ1v) is 15.8. The average Bonchev–Trinajstić information content (AvgIpc) is 2.54. The summed E-state index contributed by atoms with van der Waals surface area (Å²) in [6.45, 7) is 9.67. The third-order valence-electron chi connectivity index (χ3n) is 4.81. The van der Waals surface area contributed by atoms with Crippen LogP contribution in [0, 0.1) is 10.8 Å². The fourth-order valence-corrected chi connectivity index (χ4v) is 7.12. The van der Waals surface area contributed by atoms with Crippen LogP contribution in [0.25, 0.3) is 0 Å². The largest absolute Gasteiger partial charge is 0.616 e. The molecule has 0 bridgehead atoms. The van der Waals surface area contributed by atoms with E-state index in [1.54, 1.807) is 0 Å². The smallest absolute Gasteiger partial charge is 0.404 e. The van der Waals surface area contributed by atoms with Crippen LogP contribution in [0.15, 0.2) is 0 Å². The Balaban J connectivity index is 4.60. The molecule has 10 nitrogen and oxygen atoms in total. The van der Waals surface area contributed by atoms with Crippen molar-refractivity contribution in [2.24, 2.45) is 21.8 Å². The molecular weight excluding hydrogens is 474 g/mol. The molecule has 5 unspecified atom stereocenters. The highest BCUT2D eigenvalue weighted by atomic mass is 32.2. The summed E-state index contributed by atoms with van der Waals surface area (Å²) in [7, 11) is -8.31. The van der Waals surface area contributed by atoms with E-state index < -0.39 is 43.3 Å². The molecule has 6 N–H and O–H groups in total. The summed E-state index contributed by atoms with van der Waals surface area (Å²) in [6.07, 6.45) is 2.06. The lowest BCUT2D eigenvalue weighted by Gasteiger charge is -2.30. The van der Waals surface area contributed by atoms with Crippen LogP contribution in [0.4, 0.5) is 0 Å². The molecule has 0 radical (unpaired) electrons. The summed E-state index contributed by atoms with van der Waals surface area (Å²) >= 11 is -2.89. The molecule has 0 aromatic heterocycles. The Labute approximate surface area is 186 Å². The molecule has 0 saturated heterocycles. The zero-order valence-electron chi connectivity index (χ0n) is 18.4. The molecular formula is C16H38N2O8P2S2. The molecule has 0 aromatic rings. The number of hydrogen-bond donors (Lipinski definition) is 4. The molecule has 0 spiro atoms. The second-order valence-corrected chi connectivity index (χ2v) is 14.9. The van der Waals surface area contributed by atoms with E-state index in [9.17, 15) is 23.1 Å². The van der Waals surface area contributed by atoms with Crippen LogP contribution in [-0.4, -0.2) is 48.2 Å². The molecule has 0 aliphatic rings. The zero-order valence-corrected chi connectivity index (χ0v) is 21.9. The van der Waals surface area contributed by atoms with E-state index in [4.69, 9.17) is 20.4 Å². The van der Waals surface area contributed by atoms with E-state index in [0.29, 0.717) is 18.6 Å². The summed E-state index contributed by atoms with van der Waals surface area (Å²) in [6, 6.07) is 0. The predicted molar refractivity (Wildman–Crippen MR) is 121 cm³/mol. The monoisotopic (exact) mass is 512 g/mol. The minimum Gasteiger partial charge on any atom is -0.616 e. The Bertz CT molecular complexity index is 600. The van der Waals surface area contributed by atoms with Crippen molar-refractivity contribution in [2.45, 2.75) is 65.7 Å². The minimum atomic E-state index is -4.30. The van der Waals surface area contributed by atoms with Crippen molar-refractivity contribution >= 4 is 37.8 Å². The molecule has 0 heterocycles. The van der Waals surface area contributed by atoms with Gasteiger partial charge in [-0.15, -0.1) is 0 Å². The van der Waals surface area contributed by atoms with Crippen LogP contribution in [0.5, 0.6) is 0 Å². The topological polar surface area (TPSA) is 191 Å². The van der Waals surface area contributed by atoms with Crippen molar-refractivity contribution in [1.29, 1.82) is 0 Å². The molecule has 30 heavy (non-hydrogen) atoms. The second kappa shape index (κ2) is 12.9. The van der Waals surface area contributed by atoms with E-state index in [1.165, 1.54) is 0 Å². The Morgan fingerprint density at radius 2 is 1.53 bits per heavy atom. The Kier molecular flexibility index (Phi) is 13.3. The quantitative estimate of drug-likeness (QED) is 0.176. The molecule has 0 amide bonds. The van der Waals surface area contributed by atoms with Crippen molar-refractivity contribution in [3.05, 3.63) is 0 Å². The SMILES string of the molecule is CCC(C)(C)CC(OP(N)(=O)O)[S+]([O-])CC[S+]([O-])CCC(C)(C)CCOP(N)(=O)O. The van der Waals surface area contributed by atoms with Crippen LogP contribution in [-0.2, 0) is 40.5 Å². The van der Waals surface area contributed by atoms with Gasteiger partial charge in [0.05, 0.1) is 6.61 Å². The average molecular weight is 513 g/mol. The van der Waals surface area contributed by atoms with E-state index in [1.807, 2.05) is 34.6 Å². The first kappa shape index (κ1) is 30.8. The standard InChI is InChI=1S/C16H38N2O8P2S2/c1-6-15(2,3)13-14(26-28(18,21)22)30(24)12-11-29(23)10-8-16(4,5)7-9-25-27(17,19)20/h14H,6-13H2,1-5H3,(H3,17,19,20)(H3,18,21,22). The van der Waals surface area contributed by atoms with Gasteiger partial charge in [0.25, 0.3) is 0 Å². The maximum atomic E-state index is 12.6. The van der Waals surface area contributed by atoms with E-state index >= 15 is 0 Å². The fourth-order valence-electron chi connectivity index (χ4n) is 2.32. The predicted octanol–water partition coefficient (Wildman–Crippen LogP) is 2.59. The van der Waals surface area contributed by atoms with Gasteiger partial charge in [-0.05, 0) is 46.0 Å². The molecule has 0 aromatic carbocycles. The van der Waals surface area contributed by atoms with Gasteiger partial charge in [0.1, 0.15) is 11.5 Å². The van der Waals surface area contributed by atoms with Crippen LogP contribution in [0.2, 0.25) is 0 Å². The van der Waals surface area contributed by atoms with Crippen LogP contribution >= 0.6 is 15.5 Å². The van der Waals surface area contributed by atoms with Gasteiger partial charge in [-0.3, -0.25) is 4.52 Å². The molecule has 0 fully saturated rings. The molecule has 14 heteroatoms. The van der Waals surface area contributed by atoms with Gasteiger partial charge in [-0.2, -0.15) is 0 Å². The normalized spacial score (nSPS) is 20.2. The third kappa shape index (κ3) is 16.5. The van der Waals surface area contributed by atoms with Crippen molar-refractivity contribution < 1.29 is 37.1 Å². The molecule has 0 aliphatic heterocycles. The Hall–Kier alpha value is 0.840. The summed E-state index contributed by atoms with van der Waals surface area (Å²) in [5.74, 6) is 0.562. The van der Waals surface area contributed by atoms with Crippen molar-refractivity contribution in [2.75, 3.05) is 23.9 Å². The van der Waals surface area contributed by atoms with E-state index in [2.05, 4.69) is 4.52 Å². The highest BCUT2D eigenvalue weighted by molar-refractivity contribution is 7.95. The van der Waals surface area contributed by atoms with Gasteiger partial charge in [0.15, 0.2) is 5.75 Å². The summed E-state index contributed by atoms with van der Waals surface area (Å²) in [5, 5.41) is 0. The number of hydrogen-bond acceptors (Lipinski definition) is 6. The highest BCUT2D eigenvalue weighted by Crippen LogP contribution is 2.40. The summed E-state index contributed by atoms with van der Waals surface area (Å²) in [5.41, 5.74) is 8.45. The molecule has 0 aliphatic carbocycles. The molecule has 0 saturated carbocycles. The van der Waals surface area contributed by atoms with Gasteiger partial charge in [-0.25, -0.2) is 24.7 Å². The van der Waals surface area contributed by atoms with Gasteiger partial charge in [0.2, 0.25) is 5.44 Å². The number of nitrogens with two attached hydrogens (primary N) is 2. The Morgan fingerprint density at radius 1 is 0.967 bits per heavy atom. The first-order chi connectivity index (χ1) is 13.4. The minimum absolute atomic E-state index is 0.0144. The van der Waals surface area contributed by atoms with Crippen molar-refractivity contribution in [3.63, 3.8) is 0 Å². The molecule has 0 rings (SSSR count). The zero-order chi connectivity index (χ0) is 23.8. The van der Waals surface area contributed by atoms with Crippen LogP contribution in [0.1, 0.15) is 60.3 Å². The fraction of sp³-hybridized carbons (Fsp3) is 1.00. The first-order valence-electron chi connectivity index (χ1n) is 9.64. The van der Waals surface area contributed by atoms with Gasteiger partial charge in [0, 0.05) is 6.42 Å². The summed E-state index contributed by atoms with van der Waals surface area (Å²) < 4.78 is 57.1. The van der Waals surface area contributed by atoms with Crippen molar-refractivity contribution in [3.8, 4) is 0 Å². The van der Waals surface area contributed by atoms with Crippen LogP contribution in [0.3, 0.4) is 0 Å². The molecule has 182 valence electrons. The lowest BCUT2D eigenvalue weighted by atomic mass is 9.87. The lowest BCUT2D eigenvalue weighted by Crippen LogP contribution is -2.34. The Morgan fingerprint density at radius 3 is 2.00 bits per heavy atom. The summed E-state index contributed by atoms with van der Waals surface area (Å²) in [4.78, 5) is 18.3. The van der Waals surface area contributed by atoms with Crippen LogP contribution < -0.4 is 11.0 Å². The van der Waals surface area contributed by atoms with Gasteiger partial charge < -0.3 is 18.9 Å². The van der Waals surface area contributed by atoms with Gasteiger partial charge in [-0.1, -0.05) is 41.0 Å².